The molecule has 3 aromatic rings. The maximum atomic E-state index is 11.9. The Balaban J connectivity index is 2.29. The summed E-state index contributed by atoms with van der Waals surface area (Å²) in [5.74, 6) is 0. The predicted octanol–water partition coefficient (Wildman–Crippen LogP) is 3.55. The summed E-state index contributed by atoms with van der Waals surface area (Å²) < 4.78 is 0. The molecule has 3 aromatic carbocycles. The van der Waals surface area contributed by atoms with E-state index in [-0.39, 0.29) is 0 Å². The Morgan fingerprint density at radius 3 is 1.13 bits per heavy atom. The number of hydrogen-bond acceptors (Lipinski definition) is 1. The van der Waals surface area contributed by atoms with Gasteiger partial charge in [0.15, 0.2) is 0 Å². The van der Waals surface area contributed by atoms with Crippen LogP contribution in [-0.2, 0) is 0 Å². The average Bonchev–Trinajstić information content (AvgIpc) is 2.54. The van der Waals surface area contributed by atoms with E-state index in [1.165, 1.54) is 16.7 Å². The second kappa shape index (κ2) is 6.28. The molecule has 1 N–H and O–H groups in total. The fourth-order valence-electron chi connectivity index (χ4n) is 3.11. The van der Waals surface area contributed by atoms with Crippen molar-refractivity contribution in [3.05, 3.63) is 89.5 Å². The van der Waals surface area contributed by atoms with Gasteiger partial charge >= 0.3 is 139 Å². The summed E-state index contributed by atoms with van der Waals surface area (Å²) in [6.45, 7) is 6.22. The van der Waals surface area contributed by atoms with Crippen molar-refractivity contribution in [3.63, 3.8) is 0 Å². The van der Waals surface area contributed by atoms with E-state index in [9.17, 15) is 4.89 Å². The Bertz CT molecular complexity index is 728. The molecule has 0 radical (unpaired) electrons. The molecule has 1 nitrogen and oxygen atoms in total. The van der Waals surface area contributed by atoms with Crippen molar-refractivity contribution in [2.24, 2.45) is 0 Å². The van der Waals surface area contributed by atoms with Crippen LogP contribution in [0.5, 0.6) is 0 Å². The summed E-state index contributed by atoms with van der Waals surface area (Å²) in [7, 11) is -2.97. The van der Waals surface area contributed by atoms with Gasteiger partial charge in [0.2, 0.25) is 0 Å². The molecule has 0 aliphatic carbocycles. The molecule has 0 saturated heterocycles. The van der Waals surface area contributed by atoms with Gasteiger partial charge in [-0.05, 0) is 0 Å². The summed E-state index contributed by atoms with van der Waals surface area (Å²) >= 11 is 0. The van der Waals surface area contributed by atoms with Crippen molar-refractivity contribution in [2.75, 3.05) is 0 Å². The van der Waals surface area contributed by atoms with Gasteiger partial charge in [0.25, 0.3) is 0 Å². The molecule has 0 unspecified atom stereocenters. The fraction of sp³-hybridized carbons (Fsp3) is 0.143. The second-order valence-electron chi connectivity index (χ2n) is 6.32. The van der Waals surface area contributed by atoms with Crippen molar-refractivity contribution in [1.82, 2.24) is 0 Å². The van der Waals surface area contributed by atoms with Crippen molar-refractivity contribution in [2.45, 2.75) is 20.8 Å². The molecule has 0 spiro atoms. The Labute approximate surface area is 139 Å². The molecule has 0 fully saturated rings. The Morgan fingerprint density at radius 2 is 0.870 bits per heavy atom. The molecule has 0 bridgehead atoms. The van der Waals surface area contributed by atoms with Crippen LogP contribution < -0.4 is 15.9 Å². The van der Waals surface area contributed by atoms with Crippen LogP contribution in [-0.4, -0.2) is 4.89 Å². The molecule has 0 aromatic heterocycles. The normalized spacial score (nSPS) is 12.2. The molecule has 23 heavy (non-hydrogen) atoms. The van der Waals surface area contributed by atoms with Crippen LogP contribution in [0.3, 0.4) is 0 Å². The van der Waals surface area contributed by atoms with Crippen molar-refractivity contribution < 1.29 is 4.89 Å². The Morgan fingerprint density at radius 1 is 0.565 bits per heavy atom. The van der Waals surface area contributed by atoms with Gasteiger partial charge in [-0.25, -0.2) is 0 Å². The third-order valence-corrected chi connectivity index (χ3v) is 7.75. The molecule has 3 rings (SSSR count). The van der Waals surface area contributed by atoms with E-state index in [4.69, 9.17) is 0 Å². The summed E-state index contributed by atoms with van der Waals surface area (Å²) in [5.41, 5.74) is 3.52. The summed E-state index contributed by atoms with van der Waals surface area (Å²) in [6, 6.07) is 24.9. The van der Waals surface area contributed by atoms with Gasteiger partial charge in [0.05, 0.1) is 0 Å². The molecular formula is C21H23OP. The van der Waals surface area contributed by atoms with Crippen LogP contribution in [0, 0.1) is 20.8 Å². The Hall–Kier alpha value is -1.95. The minimum atomic E-state index is -2.97. The number of aryl methyl sites for hydroxylation is 3. The van der Waals surface area contributed by atoms with E-state index in [0.717, 1.165) is 15.9 Å². The fourth-order valence-corrected chi connectivity index (χ4v) is 6.43. The minimum absolute atomic E-state index is 1.04. The third-order valence-electron chi connectivity index (χ3n) is 4.31. The standard InChI is InChI=1S/C21H23OP/c1-16-7-4-10-19(13-16)23(22,20-11-5-8-17(2)14-20)21-12-6-9-18(3)15-21/h4-15,22-23H,1-3H3. The number of rotatable bonds is 3. The summed E-state index contributed by atoms with van der Waals surface area (Å²) in [5, 5.41) is 3.11. The van der Waals surface area contributed by atoms with Gasteiger partial charge in [0, 0.05) is 0 Å². The van der Waals surface area contributed by atoms with E-state index in [0.29, 0.717) is 0 Å². The molecule has 0 aliphatic heterocycles. The van der Waals surface area contributed by atoms with Gasteiger partial charge in [-0.15, -0.1) is 0 Å². The topological polar surface area (TPSA) is 20.2 Å². The molecule has 0 amide bonds. The molecule has 2 heteroatoms. The molecular weight excluding hydrogens is 299 g/mol. The van der Waals surface area contributed by atoms with E-state index < -0.39 is 7.49 Å². The van der Waals surface area contributed by atoms with Crippen LogP contribution in [0.1, 0.15) is 16.7 Å². The van der Waals surface area contributed by atoms with Crippen LogP contribution in [0.4, 0.5) is 0 Å². The van der Waals surface area contributed by atoms with Crippen LogP contribution >= 0.6 is 7.49 Å². The van der Waals surface area contributed by atoms with Crippen molar-refractivity contribution in [1.29, 1.82) is 0 Å². The summed E-state index contributed by atoms with van der Waals surface area (Å²) in [6.07, 6.45) is 0. The monoisotopic (exact) mass is 322 g/mol. The van der Waals surface area contributed by atoms with Crippen molar-refractivity contribution >= 4 is 23.4 Å². The molecule has 0 heterocycles. The van der Waals surface area contributed by atoms with E-state index in [1.54, 1.807) is 0 Å². The first-order valence-corrected chi connectivity index (χ1v) is 9.88. The molecule has 0 atom stereocenters. The number of hydrogen-bond donors (Lipinski definition) is 1. The van der Waals surface area contributed by atoms with E-state index in [2.05, 4.69) is 75.4 Å². The average molecular weight is 322 g/mol. The SMILES string of the molecule is Cc1cccc([PH](O)(c2cccc(C)c2)c2cccc(C)c2)c1. The third kappa shape index (κ3) is 3.08. The van der Waals surface area contributed by atoms with Gasteiger partial charge in [-0.2, -0.15) is 0 Å². The first-order chi connectivity index (χ1) is 11.0. The zero-order chi connectivity index (χ0) is 16.4. The molecule has 0 aliphatic rings. The second-order valence-corrected chi connectivity index (χ2v) is 9.47. The van der Waals surface area contributed by atoms with Crippen LogP contribution in [0.25, 0.3) is 0 Å². The van der Waals surface area contributed by atoms with Crippen LogP contribution in [0.15, 0.2) is 72.8 Å². The van der Waals surface area contributed by atoms with E-state index in [1.807, 2.05) is 18.2 Å². The Kier molecular flexibility index (Phi) is 4.35. The number of benzene rings is 3. The predicted molar refractivity (Wildman–Crippen MR) is 103 cm³/mol. The molecule has 118 valence electrons. The maximum absolute atomic E-state index is 11.9. The van der Waals surface area contributed by atoms with Gasteiger partial charge in [0.1, 0.15) is 0 Å². The summed E-state index contributed by atoms with van der Waals surface area (Å²) in [4.78, 5) is 11.9. The van der Waals surface area contributed by atoms with E-state index >= 15 is 0 Å². The van der Waals surface area contributed by atoms with Gasteiger partial charge < -0.3 is 0 Å². The van der Waals surface area contributed by atoms with Gasteiger partial charge in [-0.1, -0.05) is 0 Å². The van der Waals surface area contributed by atoms with Gasteiger partial charge in [-0.3, -0.25) is 0 Å². The first-order valence-electron chi connectivity index (χ1n) is 7.94. The van der Waals surface area contributed by atoms with Crippen LogP contribution in [0.2, 0.25) is 0 Å². The molecule has 0 saturated carbocycles. The quantitative estimate of drug-likeness (QED) is 0.731. The zero-order valence-electron chi connectivity index (χ0n) is 13.9. The first kappa shape index (κ1) is 15.9. The zero-order valence-corrected chi connectivity index (χ0v) is 14.9. The van der Waals surface area contributed by atoms with Crippen molar-refractivity contribution in [3.8, 4) is 0 Å².